The molecule has 1 aliphatic heterocycles. The van der Waals surface area contributed by atoms with Crippen LogP contribution in [0.4, 0.5) is 5.95 Å². The van der Waals surface area contributed by atoms with Crippen LogP contribution in [0.25, 0.3) is 11.2 Å². The first-order chi connectivity index (χ1) is 21.7. The number of esters is 3. The van der Waals surface area contributed by atoms with Crippen molar-refractivity contribution in [2.75, 3.05) is 12.3 Å². The van der Waals surface area contributed by atoms with Gasteiger partial charge in [0.05, 0.1) is 23.0 Å². The zero-order valence-electron chi connectivity index (χ0n) is 23.8. The number of benzene rings is 3. The van der Waals surface area contributed by atoms with E-state index in [4.69, 9.17) is 36.3 Å². The molecule has 228 valence electrons. The maximum absolute atomic E-state index is 13.6. The molecule has 0 aliphatic carbocycles. The highest BCUT2D eigenvalue weighted by Gasteiger charge is 2.60. The Bertz CT molecular complexity index is 1860. The fourth-order valence-corrected chi connectivity index (χ4v) is 5.35. The van der Waals surface area contributed by atoms with Crippen LogP contribution >= 0.6 is 11.6 Å². The molecule has 2 aromatic heterocycles. The van der Waals surface area contributed by atoms with Crippen molar-refractivity contribution >= 4 is 46.6 Å². The SMILES string of the molecule is CC1(OC(=O)c2ccccc2)C(n2cnc3c(Cl)nc(N)nc32)O[C@H](COC(=O)c2ccccc2)[C@@H]1OC(=O)c1ccccc1. The zero-order chi connectivity index (χ0) is 31.6. The highest BCUT2D eigenvalue weighted by Crippen LogP contribution is 2.45. The predicted octanol–water partition coefficient (Wildman–Crippen LogP) is 4.66. The first kappa shape index (κ1) is 29.7. The third kappa shape index (κ3) is 5.93. The molecule has 6 rings (SSSR count). The molecule has 2 N–H and O–H groups in total. The second-order valence-corrected chi connectivity index (χ2v) is 10.7. The van der Waals surface area contributed by atoms with E-state index in [0.717, 1.165) is 0 Å². The summed E-state index contributed by atoms with van der Waals surface area (Å²) >= 11 is 6.29. The van der Waals surface area contributed by atoms with E-state index in [1.54, 1.807) is 97.9 Å². The van der Waals surface area contributed by atoms with E-state index in [1.807, 2.05) is 0 Å². The lowest BCUT2D eigenvalue weighted by molar-refractivity contribution is -0.108. The Morgan fingerprint density at radius 3 is 2.02 bits per heavy atom. The topological polar surface area (TPSA) is 158 Å². The van der Waals surface area contributed by atoms with E-state index in [1.165, 1.54) is 10.9 Å². The van der Waals surface area contributed by atoms with Crippen LogP contribution in [0, 0.1) is 0 Å². The molecule has 0 bridgehead atoms. The molecular formula is C32H26ClN5O7. The van der Waals surface area contributed by atoms with Crippen molar-refractivity contribution in [2.45, 2.75) is 31.0 Å². The summed E-state index contributed by atoms with van der Waals surface area (Å²) in [5, 5.41) is -0.00220. The van der Waals surface area contributed by atoms with Crippen LogP contribution in [0.2, 0.25) is 5.15 Å². The van der Waals surface area contributed by atoms with Gasteiger partial charge in [0.25, 0.3) is 0 Å². The summed E-state index contributed by atoms with van der Waals surface area (Å²) in [5.74, 6) is -2.18. The molecule has 0 radical (unpaired) electrons. The van der Waals surface area contributed by atoms with Crippen LogP contribution in [-0.4, -0.2) is 61.8 Å². The molecular weight excluding hydrogens is 602 g/mol. The average molecular weight is 628 g/mol. The van der Waals surface area contributed by atoms with Crippen molar-refractivity contribution in [2.24, 2.45) is 0 Å². The number of aromatic nitrogens is 4. The normalized spacial score (nSPS) is 20.9. The lowest BCUT2D eigenvalue weighted by atomic mass is 9.95. The van der Waals surface area contributed by atoms with Gasteiger partial charge in [-0.1, -0.05) is 66.2 Å². The van der Waals surface area contributed by atoms with Gasteiger partial charge >= 0.3 is 17.9 Å². The Morgan fingerprint density at radius 1 is 0.867 bits per heavy atom. The van der Waals surface area contributed by atoms with Gasteiger partial charge in [-0.3, -0.25) is 4.57 Å². The summed E-state index contributed by atoms with van der Waals surface area (Å²) in [7, 11) is 0. The summed E-state index contributed by atoms with van der Waals surface area (Å²) < 4.78 is 25.7. The number of nitrogens with zero attached hydrogens (tertiary/aromatic N) is 4. The maximum Gasteiger partial charge on any atom is 0.338 e. The number of ether oxygens (including phenoxy) is 4. The van der Waals surface area contributed by atoms with Crippen molar-refractivity contribution in [1.29, 1.82) is 0 Å². The molecule has 0 amide bonds. The molecule has 13 heteroatoms. The van der Waals surface area contributed by atoms with Crippen molar-refractivity contribution in [1.82, 2.24) is 19.5 Å². The fourth-order valence-electron chi connectivity index (χ4n) is 5.13. The number of fused-ring (bicyclic) bond motifs is 1. The molecule has 3 heterocycles. The van der Waals surface area contributed by atoms with E-state index in [2.05, 4.69) is 15.0 Å². The lowest BCUT2D eigenvalue weighted by Gasteiger charge is -2.34. The third-order valence-corrected chi connectivity index (χ3v) is 7.56. The second-order valence-electron chi connectivity index (χ2n) is 10.3. The van der Waals surface area contributed by atoms with Crippen molar-refractivity contribution in [3.8, 4) is 0 Å². The number of halogens is 1. The van der Waals surface area contributed by atoms with E-state index in [0.29, 0.717) is 5.56 Å². The van der Waals surface area contributed by atoms with Crippen molar-refractivity contribution < 1.29 is 33.3 Å². The highest BCUT2D eigenvalue weighted by atomic mass is 35.5. The number of anilines is 1. The van der Waals surface area contributed by atoms with E-state index < -0.39 is 41.9 Å². The van der Waals surface area contributed by atoms with Crippen LogP contribution < -0.4 is 5.73 Å². The van der Waals surface area contributed by atoms with E-state index in [9.17, 15) is 14.4 Å². The molecule has 1 saturated heterocycles. The van der Waals surface area contributed by atoms with Crippen LogP contribution in [0.3, 0.4) is 0 Å². The van der Waals surface area contributed by atoms with Crippen LogP contribution in [0.15, 0.2) is 97.3 Å². The number of nitrogens with two attached hydrogens (primary N) is 1. The molecule has 3 aromatic carbocycles. The number of hydrogen-bond donors (Lipinski definition) is 1. The molecule has 1 aliphatic rings. The summed E-state index contributed by atoms with van der Waals surface area (Å²) in [5.41, 5.74) is 5.35. The minimum Gasteiger partial charge on any atom is -0.459 e. The Hall–Kier alpha value is -5.33. The molecule has 12 nitrogen and oxygen atoms in total. The van der Waals surface area contributed by atoms with Gasteiger partial charge in [0.1, 0.15) is 18.2 Å². The molecule has 4 atom stereocenters. The largest absolute Gasteiger partial charge is 0.459 e. The lowest BCUT2D eigenvalue weighted by Crippen LogP contribution is -2.50. The average Bonchev–Trinajstić information content (AvgIpc) is 3.59. The van der Waals surface area contributed by atoms with Gasteiger partial charge in [0.2, 0.25) is 5.95 Å². The highest BCUT2D eigenvalue weighted by molar-refractivity contribution is 6.33. The molecule has 0 spiro atoms. The number of nitrogen functional groups attached to an aromatic ring is 1. The Labute approximate surface area is 261 Å². The first-order valence-corrected chi connectivity index (χ1v) is 14.2. The molecule has 45 heavy (non-hydrogen) atoms. The van der Waals surface area contributed by atoms with E-state index >= 15 is 0 Å². The molecule has 2 unspecified atom stereocenters. The van der Waals surface area contributed by atoms with Gasteiger partial charge in [-0.05, 0) is 43.3 Å². The van der Waals surface area contributed by atoms with Gasteiger partial charge in [0.15, 0.2) is 28.7 Å². The minimum atomic E-state index is -1.74. The zero-order valence-corrected chi connectivity index (χ0v) is 24.5. The first-order valence-electron chi connectivity index (χ1n) is 13.8. The number of carbonyl (C=O) groups excluding carboxylic acids is 3. The molecule has 1 fully saturated rings. The number of hydrogen-bond acceptors (Lipinski definition) is 11. The van der Waals surface area contributed by atoms with E-state index in [-0.39, 0.29) is 40.0 Å². The van der Waals surface area contributed by atoms with Crippen LogP contribution in [0.1, 0.15) is 44.2 Å². The van der Waals surface area contributed by atoms with Crippen LogP contribution in [0.5, 0.6) is 0 Å². The monoisotopic (exact) mass is 627 g/mol. The number of imidazole rings is 1. The Balaban J connectivity index is 1.43. The quantitative estimate of drug-likeness (QED) is 0.145. The number of rotatable bonds is 8. The third-order valence-electron chi connectivity index (χ3n) is 7.30. The predicted molar refractivity (Wildman–Crippen MR) is 161 cm³/mol. The Kier molecular flexibility index (Phi) is 8.16. The summed E-state index contributed by atoms with van der Waals surface area (Å²) in [4.78, 5) is 52.5. The second kappa shape index (κ2) is 12.3. The van der Waals surface area contributed by atoms with Crippen LogP contribution in [-0.2, 0) is 18.9 Å². The maximum atomic E-state index is 13.6. The Morgan fingerprint density at radius 2 is 1.42 bits per heavy atom. The van der Waals surface area contributed by atoms with Crippen molar-refractivity contribution in [3.05, 3.63) is 119 Å². The molecule has 0 saturated carbocycles. The van der Waals surface area contributed by atoms with Crippen molar-refractivity contribution in [3.63, 3.8) is 0 Å². The standard InChI is InChI=1S/C32H26ClN5O7/c1-32(45-29(41)21-15-9-4-10-16-21)24(44-28(40)20-13-7-3-8-14-20)22(17-42-27(39)19-11-5-2-6-12-19)43-30(32)38-18-35-23-25(33)36-31(34)37-26(23)38/h2-16,18,22,24,30H,17H2,1H3,(H2,34,36,37)/t22-,24+,30?,32?/m1/s1. The fraction of sp³-hybridized carbons (Fsp3) is 0.188. The van der Waals surface area contributed by atoms with Gasteiger partial charge in [-0.15, -0.1) is 0 Å². The number of carbonyl (C=O) groups is 3. The van der Waals surface area contributed by atoms with Gasteiger partial charge < -0.3 is 24.7 Å². The summed E-state index contributed by atoms with van der Waals surface area (Å²) in [6, 6.07) is 25.0. The van der Waals surface area contributed by atoms with Gasteiger partial charge in [-0.25, -0.2) is 19.4 Å². The smallest absolute Gasteiger partial charge is 0.338 e. The van der Waals surface area contributed by atoms with Gasteiger partial charge in [-0.2, -0.15) is 9.97 Å². The molecule has 5 aromatic rings. The minimum absolute atomic E-state index is 0.00220. The summed E-state index contributed by atoms with van der Waals surface area (Å²) in [6.45, 7) is 1.19. The van der Waals surface area contributed by atoms with Gasteiger partial charge in [0, 0.05) is 0 Å². The summed E-state index contributed by atoms with van der Waals surface area (Å²) in [6.07, 6.45) is -2.25.